The van der Waals surface area contributed by atoms with Crippen LogP contribution >= 0.6 is 23.8 Å². The molecule has 10 nitrogen and oxygen atoms in total. The summed E-state index contributed by atoms with van der Waals surface area (Å²) in [6.07, 6.45) is 2.53. The number of rotatable bonds is 12. The van der Waals surface area contributed by atoms with Crippen LogP contribution in [0.1, 0.15) is 71.7 Å². The first-order chi connectivity index (χ1) is 22.6. The van der Waals surface area contributed by atoms with Crippen LogP contribution in [0.15, 0.2) is 70.4 Å². The number of halogens is 2. The highest BCUT2D eigenvalue weighted by molar-refractivity contribution is 7.90. The van der Waals surface area contributed by atoms with Crippen molar-refractivity contribution in [1.82, 2.24) is 19.1 Å². The van der Waals surface area contributed by atoms with E-state index in [-0.39, 0.29) is 28.1 Å². The van der Waals surface area contributed by atoms with Gasteiger partial charge < -0.3 is 10.1 Å². The van der Waals surface area contributed by atoms with E-state index in [4.69, 9.17) is 28.6 Å². The largest absolute Gasteiger partial charge is 0.443 e. The van der Waals surface area contributed by atoms with Gasteiger partial charge >= 0.3 is 11.8 Å². The summed E-state index contributed by atoms with van der Waals surface area (Å²) in [7, 11) is -4.37. The van der Waals surface area contributed by atoms with Gasteiger partial charge in [-0.15, -0.1) is 5.10 Å². The minimum Gasteiger partial charge on any atom is -0.443 e. The third-order valence-electron chi connectivity index (χ3n) is 7.11. The van der Waals surface area contributed by atoms with Gasteiger partial charge in [0, 0.05) is 23.2 Å². The molecular weight excluding hydrogens is 677 g/mol. The fourth-order valence-corrected chi connectivity index (χ4v) is 6.52. The Kier molecular flexibility index (Phi) is 11.8. The molecule has 0 bridgehead atoms. The SMILES string of the molecule is CCCCc1nn(-c2cc(NC(=S)CCC)ccc2Cl)c(=O)n1Cc1ccc(-c2ccccc2S(=O)(=O)NC(=O)OC(C)(C)C)cc1F. The van der Waals surface area contributed by atoms with Crippen LogP contribution in [0.4, 0.5) is 14.9 Å². The van der Waals surface area contributed by atoms with Crippen molar-refractivity contribution < 1.29 is 22.3 Å². The number of hydrogen-bond donors (Lipinski definition) is 2. The smallest absolute Gasteiger partial charge is 0.421 e. The summed E-state index contributed by atoms with van der Waals surface area (Å²) in [5.41, 5.74) is 0.233. The van der Waals surface area contributed by atoms with Gasteiger partial charge in [0.15, 0.2) is 0 Å². The molecule has 3 aromatic carbocycles. The topological polar surface area (TPSA) is 124 Å². The van der Waals surface area contributed by atoms with Gasteiger partial charge in [0.05, 0.1) is 27.1 Å². The van der Waals surface area contributed by atoms with E-state index < -0.39 is 33.2 Å². The molecule has 1 heterocycles. The quantitative estimate of drug-likeness (QED) is 0.144. The van der Waals surface area contributed by atoms with Gasteiger partial charge in [0.25, 0.3) is 10.0 Å². The number of ether oxygens (including phenoxy) is 1. The molecule has 256 valence electrons. The van der Waals surface area contributed by atoms with Crippen molar-refractivity contribution in [2.45, 2.75) is 83.8 Å². The summed E-state index contributed by atoms with van der Waals surface area (Å²) >= 11 is 11.9. The summed E-state index contributed by atoms with van der Waals surface area (Å²) < 4.78 is 51.7. The molecule has 4 aromatic rings. The second-order valence-electron chi connectivity index (χ2n) is 12.2. The zero-order chi connectivity index (χ0) is 35.2. The zero-order valence-electron chi connectivity index (χ0n) is 27.5. The number of sulfonamides is 1. The van der Waals surface area contributed by atoms with Gasteiger partial charge in [0.1, 0.15) is 17.2 Å². The highest BCUT2D eigenvalue weighted by Gasteiger charge is 2.26. The Morgan fingerprint density at radius 3 is 2.46 bits per heavy atom. The Morgan fingerprint density at radius 1 is 1.06 bits per heavy atom. The molecule has 1 amide bonds. The van der Waals surface area contributed by atoms with Gasteiger partial charge in [-0.05, 0) is 75.9 Å². The second-order valence-corrected chi connectivity index (χ2v) is 14.7. The maximum Gasteiger partial charge on any atom is 0.421 e. The Labute approximate surface area is 290 Å². The van der Waals surface area contributed by atoms with Crippen LogP contribution in [0.25, 0.3) is 16.8 Å². The van der Waals surface area contributed by atoms with Crippen LogP contribution in [0.2, 0.25) is 5.02 Å². The number of hydrogen-bond acceptors (Lipinski definition) is 7. The molecule has 0 saturated heterocycles. The predicted octanol–water partition coefficient (Wildman–Crippen LogP) is 7.64. The second kappa shape index (κ2) is 15.4. The summed E-state index contributed by atoms with van der Waals surface area (Å²) in [4.78, 5) is 26.5. The molecule has 0 spiro atoms. The third kappa shape index (κ3) is 9.09. The summed E-state index contributed by atoms with van der Waals surface area (Å²) in [6.45, 7) is 8.75. The monoisotopic (exact) mass is 715 g/mol. The predicted molar refractivity (Wildman–Crippen MR) is 190 cm³/mol. The molecule has 2 N–H and O–H groups in total. The van der Waals surface area contributed by atoms with Crippen LogP contribution in [-0.2, 0) is 27.7 Å². The average Bonchev–Trinajstić information content (AvgIpc) is 3.31. The summed E-state index contributed by atoms with van der Waals surface area (Å²) in [6, 6.07) is 15.3. The third-order valence-corrected chi connectivity index (χ3v) is 9.11. The fourth-order valence-electron chi connectivity index (χ4n) is 4.89. The minimum atomic E-state index is -4.37. The Morgan fingerprint density at radius 2 is 1.79 bits per heavy atom. The molecule has 0 radical (unpaired) electrons. The number of nitrogens with zero attached hydrogens (tertiary/aromatic N) is 3. The Balaban J connectivity index is 1.69. The number of nitrogens with one attached hydrogen (secondary N) is 2. The van der Waals surface area contributed by atoms with Crippen molar-refractivity contribution >= 4 is 50.6 Å². The van der Waals surface area contributed by atoms with Crippen molar-refractivity contribution in [2.24, 2.45) is 0 Å². The Bertz CT molecular complexity index is 1990. The normalized spacial score (nSPS) is 11.7. The highest BCUT2D eigenvalue weighted by atomic mass is 35.5. The molecule has 4 rings (SSSR count). The van der Waals surface area contributed by atoms with Crippen LogP contribution in [-0.4, -0.2) is 39.4 Å². The van der Waals surface area contributed by atoms with E-state index >= 15 is 4.39 Å². The standard InChI is InChI=1S/C34H39ClFN5O5S2/c1-6-8-14-30-38-41(28-20-24(17-18-26(28)35)37-31(47)11-7-2)33(43)40(30)21-23-16-15-22(19-27(23)36)25-12-9-10-13-29(25)48(44,45)39-32(42)46-34(3,4)5/h9-10,12-13,15-20H,6-8,11,14,21H2,1-5H3,(H,37,47)(H,39,42). The lowest BCUT2D eigenvalue weighted by Gasteiger charge is -2.20. The van der Waals surface area contributed by atoms with E-state index in [2.05, 4.69) is 10.4 Å². The molecular formula is C34H39ClFN5O5S2. The molecule has 48 heavy (non-hydrogen) atoms. The first-order valence-electron chi connectivity index (χ1n) is 15.6. The van der Waals surface area contributed by atoms with Crippen molar-refractivity contribution in [1.29, 1.82) is 0 Å². The average molecular weight is 716 g/mol. The number of benzene rings is 3. The number of anilines is 1. The van der Waals surface area contributed by atoms with E-state index in [0.717, 1.165) is 19.3 Å². The minimum absolute atomic E-state index is 0.125. The van der Waals surface area contributed by atoms with Crippen LogP contribution in [0, 0.1) is 5.82 Å². The number of aromatic nitrogens is 3. The molecule has 0 aliphatic rings. The summed E-state index contributed by atoms with van der Waals surface area (Å²) in [5, 5.41) is 8.07. The zero-order valence-corrected chi connectivity index (χ0v) is 29.9. The maximum atomic E-state index is 15.8. The first kappa shape index (κ1) is 36.8. The number of aryl methyl sites for hydroxylation is 1. The van der Waals surface area contributed by atoms with E-state index in [9.17, 15) is 18.0 Å². The molecule has 0 fully saturated rings. The molecule has 0 saturated carbocycles. The molecule has 14 heteroatoms. The van der Waals surface area contributed by atoms with E-state index in [1.807, 2.05) is 18.6 Å². The van der Waals surface area contributed by atoms with Crippen molar-refractivity contribution in [3.05, 3.63) is 93.4 Å². The number of carbonyl (C=O) groups excluding carboxylic acids is 1. The molecule has 0 aliphatic carbocycles. The number of thiocarbonyl (C=S) groups is 1. The van der Waals surface area contributed by atoms with Gasteiger partial charge in [-0.3, -0.25) is 4.57 Å². The lowest BCUT2D eigenvalue weighted by molar-refractivity contribution is 0.0570. The maximum absolute atomic E-state index is 15.8. The van der Waals surface area contributed by atoms with Gasteiger partial charge in [-0.25, -0.2) is 27.1 Å². The fraction of sp³-hybridized carbons (Fsp3) is 0.353. The number of unbranched alkanes of at least 4 members (excludes halogenated alkanes) is 1. The molecule has 0 unspecified atom stereocenters. The van der Waals surface area contributed by atoms with Crippen LogP contribution in [0.3, 0.4) is 0 Å². The molecule has 0 atom stereocenters. The number of amides is 1. The van der Waals surface area contributed by atoms with E-state index in [1.165, 1.54) is 39.6 Å². The molecule has 1 aromatic heterocycles. The van der Waals surface area contributed by atoms with Crippen molar-refractivity contribution in [3.8, 4) is 16.8 Å². The van der Waals surface area contributed by atoms with Crippen molar-refractivity contribution in [2.75, 3.05) is 5.32 Å². The number of carbonyl (C=O) groups is 1. The lowest BCUT2D eigenvalue weighted by Crippen LogP contribution is -2.36. The van der Waals surface area contributed by atoms with Gasteiger partial charge in [0.2, 0.25) is 0 Å². The highest BCUT2D eigenvalue weighted by Crippen LogP contribution is 2.29. The molecule has 0 aliphatic heterocycles. The van der Waals surface area contributed by atoms with Gasteiger partial charge in [-0.2, -0.15) is 4.68 Å². The lowest BCUT2D eigenvalue weighted by atomic mass is 10.0. The van der Waals surface area contributed by atoms with Gasteiger partial charge in [-0.1, -0.05) is 74.4 Å². The first-order valence-corrected chi connectivity index (χ1v) is 17.8. The van der Waals surface area contributed by atoms with Crippen LogP contribution < -0.4 is 15.7 Å². The van der Waals surface area contributed by atoms with Crippen molar-refractivity contribution in [3.63, 3.8) is 0 Å². The summed E-state index contributed by atoms with van der Waals surface area (Å²) in [5.74, 6) is -0.194. The van der Waals surface area contributed by atoms with Crippen LogP contribution in [0.5, 0.6) is 0 Å². The van der Waals surface area contributed by atoms with E-state index in [1.54, 1.807) is 51.1 Å². The van der Waals surface area contributed by atoms with E-state index in [0.29, 0.717) is 40.1 Å². The Hall–Kier alpha value is -4.07.